The number of rotatable bonds is 6. The zero-order valence-corrected chi connectivity index (χ0v) is 11.3. The Kier molecular flexibility index (Phi) is 4.92. The summed E-state index contributed by atoms with van der Waals surface area (Å²) in [6.45, 7) is 2.05. The average molecular weight is 274 g/mol. The second-order valence-corrected chi connectivity index (χ2v) is 4.51. The largest absolute Gasteiger partial charge is 0.468 e. The molecule has 0 fully saturated rings. The Labute approximate surface area is 117 Å². The van der Waals surface area contributed by atoms with Crippen LogP contribution in [0.5, 0.6) is 0 Å². The highest BCUT2D eigenvalue weighted by Gasteiger charge is 2.12. The van der Waals surface area contributed by atoms with Crippen LogP contribution in [0.3, 0.4) is 0 Å². The molecule has 5 nitrogen and oxygen atoms in total. The van der Waals surface area contributed by atoms with Crippen LogP contribution in [0.2, 0.25) is 0 Å². The summed E-state index contributed by atoms with van der Waals surface area (Å²) in [6.07, 6.45) is 1.59. The molecular formula is C15H18N2O3. The Morgan fingerprint density at radius 2 is 2.05 bits per heavy atom. The van der Waals surface area contributed by atoms with Gasteiger partial charge in [-0.25, -0.2) is 0 Å². The second kappa shape index (κ2) is 6.88. The van der Waals surface area contributed by atoms with Crippen LogP contribution in [-0.2, 0) is 11.3 Å². The molecule has 0 spiro atoms. The van der Waals surface area contributed by atoms with Crippen molar-refractivity contribution in [2.45, 2.75) is 19.5 Å². The number of hydrogen-bond acceptors (Lipinski definition) is 4. The van der Waals surface area contributed by atoms with E-state index in [0.29, 0.717) is 12.3 Å². The monoisotopic (exact) mass is 274 g/mol. The summed E-state index contributed by atoms with van der Waals surface area (Å²) >= 11 is 0. The van der Waals surface area contributed by atoms with E-state index in [1.165, 1.54) is 6.92 Å². The third-order valence-corrected chi connectivity index (χ3v) is 2.90. The fourth-order valence-electron chi connectivity index (χ4n) is 1.89. The van der Waals surface area contributed by atoms with E-state index in [4.69, 9.17) is 4.42 Å². The summed E-state index contributed by atoms with van der Waals surface area (Å²) in [5.74, 6) is 0.622. The van der Waals surface area contributed by atoms with Gasteiger partial charge in [0.25, 0.3) is 0 Å². The number of carbonyl (C=O) groups is 1. The predicted octanol–water partition coefficient (Wildman–Crippen LogP) is 2.06. The van der Waals surface area contributed by atoms with Gasteiger partial charge in [-0.2, -0.15) is 0 Å². The smallest absolute Gasteiger partial charge is 0.221 e. The maximum absolute atomic E-state index is 10.9. The molecule has 0 bridgehead atoms. The Balaban J connectivity index is 1.91. The highest BCUT2D eigenvalue weighted by Crippen LogP contribution is 2.14. The Hall–Kier alpha value is -2.11. The molecule has 1 aromatic carbocycles. The summed E-state index contributed by atoms with van der Waals surface area (Å²) in [5.41, 5.74) is 1.83. The molecule has 0 saturated carbocycles. The van der Waals surface area contributed by atoms with E-state index in [1.54, 1.807) is 12.3 Å². The molecule has 20 heavy (non-hydrogen) atoms. The van der Waals surface area contributed by atoms with Crippen molar-refractivity contribution in [3.05, 3.63) is 54.0 Å². The van der Waals surface area contributed by atoms with Crippen LogP contribution in [0.4, 0.5) is 5.69 Å². The van der Waals surface area contributed by atoms with Crippen LogP contribution in [0.25, 0.3) is 0 Å². The number of benzene rings is 1. The van der Waals surface area contributed by atoms with Gasteiger partial charge in [-0.15, -0.1) is 0 Å². The third-order valence-electron chi connectivity index (χ3n) is 2.90. The number of aliphatic hydroxyl groups excluding tert-OH is 1. The molecule has 1 atom stereocenters. The molecule has 0 radical (unpaired) electrons. The third kappa shape index (κ3) is 3.94. The van der Waals surface area contributed by atoms with Gasteiger partial charge in [0.2, 0.25) is 5.91 Å². The number of furan rings is 1. The highest BCUT2D eigenvalue weighted by molar-refractivity contribution is 5.88. The summed E-state index contributed by atoms with van der Waals surface area (Å²) in [4.78, 5) is 10.9. The fourth-order valence-corrected chi connectivity index (χ4v) is 1.89. The van der Waals surface area contributed by atoms with Crippen molar-refractivity contribution in [3.8, 4) is 0 Å². The first-order valence-electron chi connectivity index (χ1n) is 6.43. The van der Waals surface area contributed by atoms with Crippen molar-refractivity contribution >= 4 is 11.6 Å². The Morgan fingerprint density at radius 3 is 2.60 bits per heavy atom. The van der Waals surface area contributed by atoms with Crippen molar-refractivity contribution < 1.29 is 14.3 Å². The first-order chi connectivity index (χ1) is 9.69. The van der Waals surface area contributed by atoms with Gasteiger partial charge in [0, 0.05) is 19.2 Å². The lowest BCUT2D eigenvalue weighted by atomic mass is 10.1. The number of carbonyl (C=O) groups excluding carboxylic acids is 1. The van der Waals surface area contributed by atoms with Crippen LogP contribution in [0.1, 0.15) is 24.3 Å². The van der Waals surface area contributed by atoms with Gasteiger partial charge in [0.15, 0.2) is 0 Å². The lowest BCUT2D eigenvalue weighted by molar-refractivity contribution is -0.114. The molecule has 1 heterocycles. The minimum Gasteiger partial charge on any atom is -0.468 e. The van der Waals surface area contributed by atoms with Crippen LogP contribution in [-0.4, -0.2) is 17.6 Å². The standard InChI is InChI=1S/C15H18N2O3/c1-11(19)17-13-6-4-12(5-7-13)9-16-14(10-18)15-3-2-8-20-15/h2-8,14,16,18H,9-10H2,1H3,(H,17,19). The average Bonchev–Trinajstić information content (AvgIpc) is 2.95. The maximum atomic E-state index is 10.9. The number of anilines is 1. The zero-order chi connectivity index (χ0) is 14.4. The number of nitrogens with one attached hydrogen (secondary N) is 2. The number of amides is 1. The summed E-state index contributed by atoms with van der Waals surface area (Å²) in [6, 6.07) is 10.9. The lowest BCUT2D eigenvalue weighted by Crippen LogP contribution is -2.23. The molecule has 3 N–H and O–H groups in total. The van der Waals surface area contributed by atoms with Crippen LogP contribution in [0, 0.1) is 0 Å². The minimum absolute atomic E-state index is 0.0303. The van der Waals surface area contributed by atoms with E-state index in [2.05, 4.69) is 10.6 Å². The van der Waals surface area contributed by atoms with Gasteiger partial charge >= 0.3 is 0 Å². The molecule has 1 aromatic heterocycles. The molecule has 0 aliphatic heterocycles. The van der Waals surface area contributed by atoms with Gasteiger partial charge in [-0.05, 0) is 29.8 Å². The SMILES string of the molecule is CC(=O)Nc1ccc(CNC(CO)c2ccco2)cc1. The molecule has 1 amide bonds. The molecule has 106 valence electrons. The normalized spacial score (nSPS) is 12.1. The summed E-state index contributed by atoms with van der Waals surface area (Å²) < 4.78 is 5.27. The lowest BCUT2D eigenvalue weighted by Gasteiger charge is -2.14. The highest BCUT2D eigenvalue weighted by atomic mass is 16.3. The minimum atomic E-state index is -0.222. The van der Waals surface area contributed by atoms with E-state index < -0.39 is 0 Å². The van der Waals surface area contributed by atoms with Gasteiger partial charge in [0.05, 0.1) is 18.9 Å². The molecule has 2 aromatic rings. The molecular weight excluding hydrogens is 256 g/mol. The molecule has 5 heteroatoms. The van der Waals surface area contributed by atoms with E-state index in [0.717, 1.165) is 11.3 Å². The van der Waals surface area contributed by atoms with Gasteiger partial charge < -0.3 is 20.2 Å². The first kappa shape index (κ1) is 14.3. The molecule has 1 unspecified atom stereocenters. The van der Waals surface area contributed by atoms with Crippen molar-refractivity contribution in [3.63, 3.8) is 0 Å². The van der Waals surface area contributed by atoms with Crippen LogP contribution in [0.15, 0.2) is 47.1 Å². The molecule has 2 rings (SSSR count). The van der Waals surface area contributed by atoms with E-state index in [1.807, 2.05) is 30.3 Å². The topological polar surface area (TPSA) is 74.5 Å². The number of hydrogen-bond donors (Lipinski definition) is 3. The summed E-state index contributed by atoms with van der Waals surface area (Å²) in [7, 11) is 0. The van der Waals surface area contributed by atoms with Crippen LogP contribution >= 0.6 is 0 Å². The van der Waals surface area contributed by atoms with Gasteiger partial charge in [0.1, 0.15) is 5.76 Å². The van der Waals surface area contributed by atoms with E-state index in [-0.39, 0.29) is 18.6 Å². The maximum Gasteiger partial charge on any atom is 0.221 e. The van der Waals surface area contributed by atoms with Crippen molar-refractivity contribution in [2.75, 3.05) is 11.9 Å². The Morgan fingerprint density at radius 1 is 1.30 bits per heavy atom. The van der Waals surface area contributed by atoms with E-state index >= 15 is 0 Å². The molecule has 0 aliphatic rings. The predicted molar refractivity (Wildman–Crippen MR) is 76.1 cm³/mol. The molecule has 0 aliphatic carbocycles. The Bertz CT molecular complexity index is 535. The van der Waals surface area contributed by atoms with Crippen molar-refractivity contribution in [1.82, 2.24) is 5.32 Å². The summed E-state index contributed by atoms with van der Waals surface area (Å²) in [5, 5.41) is 15.3. The number of aliphatic hydroxyl groups is 1. The van der Waals surface area contributed by atoms with Crippen LogP contribution < -0.4 is 10.6 Å². The quantitative estimate of drug-likeness (QED) is 0.753. The first-order valence-corrected chi connectivity index (χ1v) is 6.43. The zero-order valence-electron chi connectivity index (χ0n) is 11.3. The second-order valence-electron chi connectivity index (χ2n) is 4.51. The van der Waals surface area contributed by atoms with E-state index in [9.17, 15) is 9.90 Å². The van der Waals surface area contributed by atoms with Gasteiger partial charge in [-0.3, -0.25) is 4.79 Å². The van der Waals surface area contributed by atoms with Crippen molar-refractivity contribution in [2.24, 2.45) is 0 Å². The fraction of sp³-hybridized carbons (Fsp3) is 0.267. The van der Waals surface area contributed by atoms with Crippen molar-refractivity contribution in [1.29, 1.82) is 0 Å². The molecule has 0 saturated heterocycles. The van der Waals surface area contributed by atoms with Gasteiger partial charge in [-0.1, -0.05) is 12.1 Å².